The second-order valence-corrected chi connectivity index (χ2v) is 6.93. The van der Waals surface area contributed by atoms with Crippen molar-refractivity contribution in [3.05, 3.63) is 29.8 Å². The SMILES string of the molecule is CC(C)(C)NC(=O)N1CCC2(C1)C(=O)Nc1ccccc12. The molecule has 0 saturated carbocycles. The van der Waals surface area contributed by atoms with Crippen molar-refractivity contribution >= 4 is 17.6 Å². The van der Waals surface area contributed by atoms with Crippen molar-refractivity contribution in [2.24, 2.45) is 0 Å². The Morgan fingerprint density at radius 3 is 2.76 bits per heavy atom. The second kappa shape index (κ2) is 4.48. The minimum absolute atomic E-state index is 0.00904. The number of hydrogen-bond donors (Lipinski definition) is 2. The first-order valence-corrected chi connectivity index (χ1v) is 7.30. The van der Waals surface area contributed by atoms with E-state index in [-0.39, 0.29) is 17.5 Å². The fourth-order valence-electron chi connectivity index (χ4n) is 3.16. The third-order valence-electron chi connectivity index (χ3n) is 4.16. The van der Waals surface area contributed by atoms with Gasteiger partial charge in [-0.15, -0.1) is 0 Å². The highest BCUT2D eigenvalue weighted by atomic mass is 16.2. The zero-order chi connectivity index (χ0) is 15.3. The van der Waals surface area contributed by atoms with E-state index in [0.717, 1.165) is 11.3 Å². The van der Waals surface area contributed by atoms with Gasteiger partial charge in [-0.25, -0.2) is 4.79 Å². The molecule has 1 atom stereocenters. The van der Waals surface area contributed by atoms with E-state index < -0.39 is 5.41 Å². The molecule has 1 unspecified atom stereocenters. The number of para-hydroxylation sites is 1. The Balaban J connectivity index is 1.84. The Labute approximate surface area is 124 Å². The number of benzene rings is 1. The first kappa shape index (κ1) is 13.9. The first-order valence-electron chi connectivity index (χ1n) is 7.30. The number of fused-ring (bicyclic) bond motifs is 2. The number of nitrogens with zero attached hydrogens (tertiary/aromatic N) is 1. The fraction of sp³-hybridized carbons (Fsp3) is 0.500. The third kappa shape index (κ3) is 2.26. The summed E-state index contributed by atoms with van der Waals surface area (Å²) in [5.74, 6) is 0.00904. The largest absolute Gasteiger partial charge is 0.333 e. The second-order valence-electron chi connectivity index (χ2n) is 6.93. The first-order chi connectivity index (χ1) is 9.82. The fourth-order valence-corrected chi connectivity index (χ4v) is 3.16. The quantitative estimate of drug-likeness (QED) is 0.767. The van der Waals surface area contributed by atoms with E-state index in [4.69, 9.17) is 0 Å². The zero-order valence-electron chi connectivity index (χ0n) is 12.7. The van der Waals surface area contributed by atoms with Gasteiger partial charge >= 0.3 is 6.03 Å². The molecule has 112 valence electrons. The van der Waals surface area contributed by atoms with Crippen molar-refractivity contribution in [2.75, 3.05) is 18.4 Å². The van der Waals surface area contributed by atoms with Crippen LogP contribution in [0.5, 0.6) is 0 Å². The van der Waals surface area contributed by atoms with Crippen molar-refractivity contribution < 1.29 is 9.59 Å². The molecule has 3 rings (SSSR count). The minimum atomic E-state index is -0.578. The molecule has 1 spiro atoms. The number of hydrogen-bond acceptors (Lipinski definition) is 2. The number of rotatable bonds is 0. The molecule has 1 fully saturated rings. The molecule has 2 aliphatic heterocycles. The van der Waals surface area contributed by atoms with E-state index in [0.29, 0.717) is 19.5 Å². The Kier molecular flexibility index (Phi) is 2.97. The summed E-state index contributed by atoms with van der Waals surface area (Å²) in [6.07, 6.45) is 0.674. The molecule has 2 N–H and O–H groups in total. The van der Waals surface area contributed by atoms with Crippen molar-refractivity contribution in [1.29, 1.82) is 0 Å². The average Bonchev–Trinajstić information content (AvgIpc) is 2.93. The van der Waals surface area contributed by atoms with Gasteiger partial charge in [0, 0.05) is 24.3 Å². The molecule has 21 heavy (non-hydrogen) atoms. The lowest BCUT2D eigenvalue weighted by molar-refractivity contribution is -0.120. The number of amides is 3. The molecule has 0 aliphatic carbocycles. The molecule has 1 aromatic rings. The van der Waals surface area contributed by atoms with Gasteiger partial charge in [-0.1, -0.05) is 18.2 Å². The van der Waals surface area contributed by atoms with Crippen LogP contribution in [0.15, 0.2) is 24.3 Å². The summed E-state index contributed by atoms with van der Waals surface area (Å²) in [5.41, 5.74) is 1.04. The summed E-state index contributed by atoms with van der Waals surface area (Å²) < 4.78 is 0. The van der Waals surface area contributed by atoms with Crippen molar-refractivity contribution in [3.8, 4) is 0 Å². The molecule has 5 nitrogen and oxygen atoms in total. The smallest absolute Gasteiger partial charge is 0.317 e. The van der Waals surface area contributed by atoms with Crippen LogP contribution >= 0.6 is 0 Å². The van der Waals surface area contributed by atoms with Gasteiger partial charge in [0.15, 0.2) is 0 Å². The lowest BCUT2D eigenvalue weighted by atomic mass is 9.81. The van der Waals surface area contributed by atoms with Gasteiger partial charge in [0.1, 0.15) is 0 Å². The molecule has 2 heterocycles. The lowest BCUT2D eigenvalue weighted by Gasteiger charge is -2.27. The third-order valence-corrected chi connectivity index (χ3v) is 4.16. The van der Waals surface area contributed by atoms with Crippen LogP contribution in [0.1, 0.15) is 32.8 Å². The van der Waals surface area contributed by atoms with Crippen LogP contribution in [-0.4, -0.2) is 35.5 Å². The molecule has 0 radical (unpaired) electrons. The summed E-state index contributed by atoms with van der Waals surface area (Å²) in [4.78, 5) is 26.5. The van der Waals surface area contributed by atoms with Crippen molar-refractivity contribution in [1.82, 2.24) is 10.2 Å². The predicted octanol–water partition coefficient (Wildman–Crippen LogP) is 2.09. The maximum absolute atomic E-state index is 12.4. The molecule has 0 bridgehead atoms. The average molecular weight is 287 g/mol. The van der Waals surface area contributed by atoms with Crippen LogP contribution in [0, 0.1) is 0 Å². The number of carbonyl (C=O) groups is 2. The maximum Gasteiger partial charge on any atom is 0.317 e. The number of likely N-dealkylation sites (tertiary alicyclic amines) is 1. The Morgan fingerprint density at radius 1 is 1.33 bits per heavy atom. The van der Waals surface area contributed by atoms with E-state index >= 15 is 0 Å². The van der Waals surface area contributed by atoms with Gasteiger partial charge in [-0.2, -0.15) is 0 Å². The normalized spacial score (nSPS) is 24.1. The molecule has 0 aromatic heterocycles. The van der Waals surface area contributed by atoms with E-state index in [2.05, 4.69) is 10.6 Å². The van der Waals surface area contributed by atoms with E-state index in [1.165, 1.54) is 0 Å². The monoisotopic (exact) mass is 287 g/mol. The Hall–Kier alpha value is -2.04. The Morgan fingerprint density at radius 2 is 2.05 bits per heavy atom. The van der Waals surface area contributed by atoms with Crippen LogP contribution < -0.4 is 10.6 Å². The van der Waals surface area contributed by atoms with Crippen LogP contribution in [0.3, 0.4) is 0 Å². The number of anilines is 1. The van der Waals surface area contributed by atoms with Gasteiger partial charge in [-0.05, 0) is 38.8 Å². The predicted molar refractivity (Wildman–Crippen MR) is 81.2 cm³/mol. The standard InChI is InChI=1S/C16H21N3O2/c1-15(2,3)18-14(21)19-9-8-16(10-19)11-6-4-5-7-12(11)17-13(16)20/h4-7H,8-10H2,1-3H3,(H,17,20)(H,18,21). The number of nitrogens with one attached hydrogen (secondary N) is 2. The highest BCUT2D eigenvalue weighted by Gasteiger charge is 2.52. The van der Waals surface area contributed by atoms with Crippen LogP contribution in [0.2, 0.25) is 0 Å². The molecule has 1 saturated heterocycles. The summed E-state index contributed by atoms with van der Waals surface area (Å²) in [7, 11) is 0. The number of urea groups is 1. The molecule has 1 aromatic carbocycles. The summed E-state index contributed by atoms with van der Waals surface area (Å²) in [6.45, 7) is 6.90. The van der Waals surface area contributed by atoms with Gasteiger partial charge in [0.2, 0.25) is 5.91 Å². The number of carbonyl (C=O) groups excluding carboxylic acids is 2. The van der Waals surface area contributed by atoms with E-state index in [1.54, 1.807) is 4.90 Å². The van der Waals surface area contributed by atoms with Crippen LogP contribution in [-0.2, 0) is 10.2 Å². The Bertz CT molecular complexity index is 606. The maximum atomic E-state index is 12.4. The van der Waals surface area contributed by atoms with Crippen LogP contribution in [0.4, 0.5) is 10.5 Å². The van der Waals surface area contributed by atoms with Gasteiger partial charge < -0.3 is 15.5 Å². The summed E-state index contributed by atoms with van der Waals surface area (Å²) in [5, 5.41) is 5.90. The van der Waals surface area contributed by atoms with Gasteiger partial charge in [-0.3, -0.25) is 4.79 Å². The minimum Gasteiger partial charge on any atom is -0.333 e. The molecule has 2 aliphatic rings. The molecular weight excluding hydrogens is 266 g/mol. The molecular formula is C16H21N3O2. The topological polar surface area (TPSA) is 61.4 Å². The molecule has 5 heteroatoms. The van der Waals surface area contributed by atoms with Crippen molar-refractivity contribution in [3.63, 3.8) is 0 Å². The highest BCUT2D eigenvalue weighted by Crippen LogP contribution is 2.43. The van der Waals surface area contributed by atoms with Gasteiger partial charge in [0.05, 0.1) is 5.41 Å². The summed E-state index contributed by atoms with van der Waals surface area (Å²) >= 11 is 0. The summed E-state index contributed by atoms with van der Waals surface area (Å²) in [6, 6.07) is 7.66. The molecule has 3 amide bonds. The van der Waals surface area contributed by atoms with E-state index in [1.807, 2.05) is 45.0 Å². The van der Waals surface area contributed by atoms with Gasteiger partial charge in [0.25, 0.3) is 0 Å². The van der Waals surface area contributed by atoms with E-state index in [9.17, 15) is 9.59 Å². The lowest BCUT2D eigenvalue weighted by Crippen LogP contribution is -2.49. The highest BCUT2D eigenvalue weighted by molar-refractivity contribution is 6.07. The van der Waals surface area contributed by atoms with Crippen molar-refractivity contribution in [2.45, 2.75) is 38.1 Å². The zero-order valence-corrected chi connectivity index (χ0v) is 12.7. The van der Waals surface area contributed by atoms with Crippen LogP contribution in [0.25, 0.3) is 0 Å².